The molecule has 1 aliphatic rings. The molecule has 0 spiro atoms. The Morgan fingerprint density at radius 3 is 2.70 bits per heavy atom. The Labute approximate surface area is 62.3 Å². The summed E-state index contributed by atoms with van der Waals surface area (Å²) in [6, 6.07) is 0.478. The molecule has 0 saturated carbocycles. The molecule has 0 bridgehead atoms. The van der Waals surface area contributed by atoms with E-state index in [4.69, 9.17) is 4.74 Å². The van der Waals surface area contributed by atoms with E-state index in [1.807, 2.05) is 0 Å². The lowest BCUT2D eigenvalue weighted by molar-refractivity contribution is 0.0544. The van der Waals surface area contributed by atoms with Crippen LogP contribution >= 0.6 is 0 Å². The zero-order chi connectivity index (χ0) is 7.56. The number of rotatable bonds is 2. The predicted molar refractivity (Wildman–Crippen MR) is 39.9 cm³/mol. The number of nitrogens with zero attached hydrogens (tertiary/aromatic N) is 2. The standard InChI is InChI=1S/C7H15N2O/c1-6(9(2)3)7-4-8-5-10-7/h6-7H,4-5H2,1-3H3. The molecule has 0 N–H and O–H groups in total. The van der Waals surface area contributed by atoms with Gasteiger partial charge in [0.1, 0.15) is 6.73 Å². The lowest BCUT2D eigenvalue weighted by atomic mass is 10.2. The molecule has 0 amide bonds. The summed E-state index contributed by atoms with van der Waals surface area (Å²) in [4.78, 5) is 2.16. The highest BCUT2D eigenvalue weighted by Crippen LogP contribution is 2.07. The third kappa shape index (κ3) is 1.68. The Bertz CT molecular complexity index is 99.8. The fraction of sp³-hybridized carbons (Fsp3) is 1.00. The van der Waals surface area contributed by atoms with E-state index in [0.717, 1.165) is 6.54 Å². The van der Waals surface area contributed by atoms with Gasteiger partial charge in [-0.15, -0.1) is 0 Å². The van der Waals surface area contributed by atoms with Crippen molar-refractivity contribution in [3.8, 4) is 0 Å². The molecule has 1 rings (SSSR count). The molecule has 1 saturated heterocycles. The molecule has 10 heavy (non-hydrogen) atoms. The summed E-state index contributed by atoms with van der Waals surface area (Å²) in [7, 11) is 4.12. The zero-order valence-corrected chi connectivity index (χ0v) is 6.87. The second-order valence-electron chi connectivity index (χ2n) is 2.94. The van der Waals surface area contributed by atoms with Crippen LogP contribution in [0.5, 0.6) is 0 Å². The fourth-order valence-electron chi connectivity index (χ4n) is 1.01. The summed E-state index contributed by atoms with van der Waals surface area (Å²) >= 11 is 0. The first-order chi connectivity index (χ1) is 4.72. The third-order valence-electron chi connectivity index (χ3n) is 2.04. The molecule has 0 aromatic heterocycles. The highest BCUT2D eigenvalue weighted by molar-refractivity contribution is 4.76. The van der Waals surface area contributed by atoms with Gasteiger partial charge in [0, 0.05) is 12.6 Å². The van der Waals surface area contributed by atoms with Gasteiger partial charge in [-0.25, -0.2) is 5.32 Å². The average Bonchev–Trinajstić information content (AvgIpc) is 2.36. The van der Waals surface area contributed by atoms with Crippen molar-refractivity contribution in [2.24, 2.45) is 0 Å². The van der Waals surface area contributed by atoms with E-state index < -0.39 is 0 Å². The van der Waals surface area contributed by atoms with Gasteiger partial charge < -0.3 is 9.64 Å². The van der Waals surface area contributed by atoms with Crippen molar-refractivity contribution in [2.45, 2.75) is 19.1 Å². The van der Waals surface area contributed by atoms with Crippen LogP contribution in [0.15, 0.2) is 0 Å². The van der Waals surface area contributed by atoms with Crippen molar-refractivity contribution >= 4 is 0 Å². The van der Waals surface area contributed by atoms with E-state index in [9.17, 15) is 0 Å². The van der Waals surface area contributed by atoms with Crippen LogP contribution in [0.4, 0.5) is 0 Å². The van der Waals surface area contributed by atoms with Gasteiger partial charge in [-0.3, -0.25) is 0 Å². The lowest BCUT2D eigenvalue weighted by Gasteiger charge is -2.24. The van der Waals surface area contributed by atoms with Crippen LogP contribution in [0.3, 0.4) is 0 Å². The van der Waals surface area contributed by atoms with Crippen LogP contribution in [-0.2, 0) is 4.74 Å². The van der Waals surface area contributed by atoms with Crippen molar-refractivity contribution in [3.63, 3.8) is 0 Å². The smallest absolute Gasteiger partial charge is 0.113 e. The fourth-order valence-corrected chi connectivity index (χ4v) is 1.01. The van der Waals surface area contributed by atoms with E-state index in [2.05, 4.69) is 31.2 Å². The molecule has 2 unspecified atom stereocenters. The summed E-state index contributed by atoms with van der Waals surface area (Å²) in [5, 5.41) is 4.12. The van der Waals surface area contributed by atoms with E-state index >= 15 is 0 Å². The molecule has 1 radical (unpaired) electrons. The molecular formula is C7H15N2O. The van der Waals surface area contributed by atoms with Crippen molar-refractivity contribution < 1.29 is 4.74 Å². The molecule has 0 aromatic rings. The van der Waals surface area contributed by atoms with Gasteiger partial charge in [0.25, 0.3) is 0 Å². The van der Waals surface area contributed by atoms with E-state index in [1.54, 1.807) is 0 Å². The second-order valence-corrected chi connectivity index (χ2v) is 2.94. The SMILES string of the molecule is CC(C1C[N]CO1)N(C)C. The number of hydrogen-bond acceptors (Lipinski definition) is 2. The molecule has 59 valence electrons. The van der Waals surface area contributed by atoms with Gasteiger partial charge in [-0.1, -0.05) is 0 Å². The maximum Gasteiger partial charge on any atom is 0.113 e. The summed E-state index contributed by atoms with van der Waals surface area (Å²) in [5.41, 5.74) is 0. The first-order valence-electron chi connectivity index (χ1n) is 3.63. The van der Waals surface area contributed by atoms with Crippen LogP contribution in [0, 0.1) is 0 Å². The Morgan fingerprint density at radius 1 is 1.60 bits per heavy atom. The van der Waals surface area contributed by atoms with Crippen LogP contribution in [-0.4, -0.2) is 44.4 Å². The molecule has 1 heterocycles. The molecule has 1 fully saturated rings. The van der Waals surface area contributed by atoms with Crippen molar-refractivity contribution in [1.29, 1.82) is 0 Å². The highest BCUT2D eigenvalue weighted by Gasteiger charge is 2.23. The molecule has 0 aliphatic carbocycles. The number of likely N-dealkylation sites (N-methyl/N-ethyl adjacent to an activating group) is 1. The Kier molecular flexibility index (Phi) is 2.65. The van der Waals surface area contributed by atoms with Gasteiger partial charge in [0.05, 0.1) is 6.10 Å². The summed E-state index contributed by atoms with van der Waals surface area (Å²) in [5.74, 6) is 0. The minimum atomic E-state index is 0.315. The molecule has 3 nitrogen and oxygen atoms in total. The van der Waals surface area contributed by atoms with Crippen molar-refractivity contribution in [3.05, 3.63) is 0 Å². The Hall–Kier alpha value is -0.120. The summed E-state index contributed by atoms with van der Waals surface area (Å²) < 4.78 is 5.37. The van der Waals surface area contributed by atoms with Crippen LogP contribution in [0.25, 0.3) is 0 Å². The van der Waals surface area contributed by atoms with Gasteiger partial charge in [-0.05, 0) is 21.0 Å². The van der Waals surface area contributed by atoms with E-state index in [-0.39, 0.29) is 0 Å². The van der Waals surface area contributed by atoms with Gasteiger partial charge in [0.2, 0.25) is 0 Å². The Morgan fingerprint density at radius 2 is 2.30 bits per heavy atom. The van der Waals surface area contributed by atoms with Crippen molar-refractivity contribution in [2.75, 3.05) is 27.4 Å². The minimum absolute atomic E-state index is 0.315. The molecular weight excluding hydrogens is 128 g/mol. The molecule has 3 heteroatoms. The quantitative estimate of drug-likeness (QED) is 0.539. The minimum Gasteiger partial charge on any atom is -0.359 e. The first-order valence-corrected chi connectivity index (χ1v) is 3.63. The maximum atomic E-state index is 5.37. The summed E-state index contributed by atoms with van der Waals surface area (Å²) in [6.45, 7) is 3.60. The average molecular weight is 143 g/mol. The van der Waals surface area contributed by atoms with E-state index in [0.29, 0.717) is 18.9 Å². The number of hydrogen-bond donors (Lipinski definition) is 0. The number of ether oxygens (including phenoxy) is 1. The van der Waals surface area contributed by atoms with Crippen LogP contribution < -0.4 is 5.32 Å². The molecule has 0 aromatic carbocycles. The normalized spacial score (nSPS) is 29.4. The Balaban J connectivity index is 2.32. The van der Waals surface area contributed by atoms with Gasteiger partial charge >= 0.3 is 0 Å². The van der Waals surface area contributed by atoms with Crippen molar-refractivity contribution in [1.82, 2.24) is 10.2 Å². The summed E-state index contributed by atoms with van der Waals surface area (Å²) in [6.07, 6.45) is 0.315. The third-order valence-corrected chi connectivity index (χ3v) is 2.04. The predicted octanol–water partition coefficient (Wildman–Crippen LogP) is -0.103. The zero-order valence-electron chi connectivity index (χ0n) is 6.87. The monoisotopic (exact) mass is 143 g/mol. The van der Waals surface area contributed by atoms with Gasteiger partial charge in [-0.2, -0.15) is 0 Å². The first kappa shape index (κ1) is 7.98. The van der Waals surface area contributed by atoms with Gasteiger partial charge in [0.15, 0.2) is 0 Å². The topological polar surface area (TPSA) is 26.6 Å². The van der Waals surface area contributed by atoms with Crippen LogP contribution in [0.2, 0.25) is 0 Å². The highest BCUT2D eigenvalue weighted by atomic mass is 16.5. The maximum absolute atomic E-state index is 5.37. The second kappa shape index (κ2) is 3.32. The molecule has 1 aliphatic heterocycles. The van der Waals surface area contributed by atoms with Crippen LogP contribution in [0.1, 0.15) is 6.92 Å². The lowest BCUT2D eigenvalue weighted by Crippen LogP contribution is -2.37. The largest absolute Gasteiger partial charge is 0.359 e. The molecule has 2 atom stereocenters. The van der Waals surface area contributed by atoms with E-state index in [1.165, 1.54) is 0 Å².